The van der Waals surface area contributed by atoms with Crippen molar-refractivity contribution in [1.82, 2.24) is 0 Å². The third-order valence-corrected chi connectivity index (χ3v) is 3.09. The first-order valence-electron chi connectivity index (χ1n) is 5.73. The van der Waals surface area contributed by atoms with Gasteiger partial charge in [-0.2, -0.15) is 48.3 Å². The smallest absolute Gasteiger partial charge is 0.399 e. The molecule has 0 saturated carbocycles. The Morgan fingerprint density at radius 2 is 1.23 bits per heavy atom. The summed E-state index contributed by atoms with van der Waals surface area (Å²) in [4.78, 5) is 10.4. The second-order valence-electron chi connectivity index (χ2n) is 4.68. The lowest BCUT2D eigenvalue weighted by Crippen LogP contribution is -2.72. The second kappa shape index (κ2) is 5.80. The van der Waals surface area contributed by atoms with Gasteiger partial charge in [0.25, 0.3) is 5.67 Å². The molecule has 1 unspecified atom stereocenters. The number of rotatable bonds is 6. The predicted molar refractivity (Wildman–Crippen MR) is 51.8 cm³/mol. The third kappa shape index (κ3) is 2.64. The van der Waals surface area contributed by atoms with Gasteiger partial charge in [0.1, 0.15) is 12.9 Å². The van der Waals surface area contributed by atoms with E-state index in [0.29, 0.717) is 0 Å². The molecule has 26 heavy (non-hydrogen) atoms. The molecule has 0 bridgehead atoms. The fourth-order valence-electron chi connectivity index (χ4n) is 1.57. The molecule has 0 fully saturated rings. The van der Waals surface area contributed by atoms with E-state index < -0.39 is 60.1 Å². The molecular weight excluding hydrogens is 415 g/mol. The Morgan fingerprint density at radius 1 is 0.769 bits per heavy atom. The minimum atomic E-state index is -7.72. The maximum absolute atomic E-state index is 13.8. The van der Waals surface area contributed by atoms with Crippen molar-refractivity contribution >= 4 is 0 Å². The molecule has 0 radical (unpaired) electrons. The highest BCUT2D eigenvalue weighted by atomic mass is 19.4. The first-order valence-corrected chi connectivity index (χ1v) is 5.73. The SMILES string of the molecule is O=c1occ(C(F)(F)C(F)(F)C(F)(CF)C(F)(F)C(F)(F)C(F)(F)F)o1. The molecule has 152 valence electrons. The summed E-state index contributed by atoms with van der Waals surface area (Å²) in [5, 5.41) is 0. The Bertz CT molecular complexity index is 700. The van der Waals surface area contributed by atoms with E-state index in [0.717, 1.165) is 0 Å². The minimum absolute atomic E-state index is 0.686. The summed E-state index contributed by atoms with van der Waals surface area (Å²) >= 11 is 0. The van der Waals surface area contributed by atoms with Gasteiger partial charge < -0.3 is 8.83 Å². The summed E-state index contributed by atoms with van der Waals surface area (Å²) in [7, 11) is 0. The topological polar surface area (TPSA) is 43.4 Å². The molecule has 1 aromatic rings. The van der Waals surface area contributed by atoms with Crippen molar-refractivity contribution in [3.8, 4) is 0 Å². The Balaban J connectivity index is 3.66. The van der Waals surface area contributed by atoms with Crippen LogP contribution in [0.15, 0.2) is 19.9 Å². The Hall–Kier alpha value is -1.90. The van der Waals surface area contributed by atoms with Crippen molar-refractivity contribution in [2.24, 2.45) is 0 Å². The molecule has 0 N–H and O–H groups in total. The lowest BCUT2D eigenvalue weighted by atomic mass is 9.83. The molecule has 1 atom stereocenters. The fraction of sp³-hybridized carbons (Fsp3) is 0.700. The summed E-state index contributed by atoms with van der Waals surface area (Å²) < 4.78 is 175. The van der Waals surface area contributed by atoms with Gasteiger partial charge in [-0.15, -0.1) is 0 Å². The maximum Gasteiger partial charge on any atom is 0.518 e. The number of hydrogen-bond acceptors (Lipinski definition) is 3. The zero-order valence-electron chi connectivity index (χ0n) is 11.4. The average molecular weight is 418 g/mol. The predicted octanol–water partition coefficient (Wildman–Crippen LogP) is 4.47. The van der Waals surface area contributed by atoms with E-state index in [2.05, 4.69) is 8.83 Å². The molecule has 0 aliphatic rings. The number of halogens is 13. The number of alkyl halides is 13. The van der Waals surface area contributed by atoms with E-state index in [4.69, 9.17) is 0 Å². The third-order valence-electron chi connectivity index (χ3n) is 3.09. The molecule has 0 saturated heterocycles. The molecule has 1 heterocycles. The van der Waals surface area contributed by atoms with Crippen LogP contribution in [0.2, 0.25) is 0 Å². The van der Waals surface area contributed by atoms with Crippen LogP contribution in [0.3, 0.4) is 0 Å². The summed E-state index contributed by atoms with van der Waals surface area (Å²) in [6.07, 6.45) is -8.11. The van der Waals surface area contributed by atoms with Gasteiger partial charge in [-0.1, -0.05) is 0 Å². The van der Waals surface area contributed by atoms with E-state index in [1.807, 2.05) is 0 Å². The molecule has 0 amide bonds. The quantitative estimate of drug-likeness (QED) is 0.641. The first kappa shape index (κ1) is 22.1. The molecular formula is C10H3F13O3. The highest BCUT2D eigenvalue weighted by molar-refractivity contribution is 5.19. The van der Waals surface area contributed by atoms with Crippen molar-refractivity contribution in [2.45, 2.75) is 35.5 Å². The normalized spacial score (nSPS) is 17.3. The summed E-state index contributed by atoms with van der Waals surface area (Å²) in [5.74, 6) is -34.1. The lowest BCUT2D eigenvalue weighted by Gasteiger charge is -2.42. The van der Waals surface area contributed by atoms with Crippen LogP contribution in [0.5, 0.6) is 0 Å². The van der Waals surface area contributed by atoms with Crippen LogP contribution in [0.4, 0.5) is 57.1 Å². The molecule has 16 heteroatoms. The zero-order valence-corrected chi connectivity index (χ0v) is 11.4. The van der Waals surface area contributed by atoms with Crippen LogP contribution in [0.25, 0.3) is 0 Å². The van der Waals surface area contributed by atoms with Crippen molar-refractivity contribution in [3.63, 3.8) is 0 Å². The van der Waals surface area contributed by atoms with Crippen molar-refractivity contribution in [1.29, 1.82) is 0 Å². The molecule has 3 nitrogen and oxygen atoms in total. The molecule has 0 aliphatic carbocycles. The van der Waals surface area contributed by atoms with E-state index in [1.54, 1.807) is 0 Å². The summed E-state index contributed by atoms with van der Waals surface area (Å²) in [6.45, 7) is -4.10. The van der Waals surface area contributed by atoms with Crippen LogP contribution in [-0.4, -0.2) is 36.3 Å². The van der Waals surface area contributed by atoms with Crippen LogP contribution in [-0.2, 0) is 5.92 Å². The van der Waals surface area contributed by atoms with E-state index in [9.17, 15) is 61.9 Å². The van der Waals surface area contributed by atoms with Gasteiger partial charge in [0.05, 0.1) is 0 Å². The van der Waals surface area contributed by atoms with Gasteiger partial charge in [0, 0.05) is 0 Å². The first-order chi connectivity index (χ1) is 11.3. The Kier molecular flexibility index (Phi) is 4.94. The van der Waals surface area contributed by atoms with Gasteiger partial charge in [-0.05, 0) is 0 Å². The van der Waals surface area contributed by atoms with Gasteiger partial charge in [0.2, 0.25) is 5.76 Å². The van der Waals surface area contributed by atoms with Gasteiger partial charge in [-0.3, -0.25) is 0 Å². The standard InChI is InChI=1S/C10H3F13O3/c11-2-5(12,8(17,18)9(19,20)10(21,22)23)7(15,16)6(13,14)3-1-25-4(24)26-3/h1H,2H2. The van der Waals surface area contributed by atoms with Crippen molar-refractivity contribution < 1.29 is 65.9 Å². The molecule has 1 aromatic heterocycles. The second-order valence-corrected chi connectivity index (χ2v) is 4.68. The van der Waals surface area contributed by atoms with Crippen LogP contribution >= 0.6 is 0 Å². The van der Waals surface area contributed by atoms with Crippen LogP contribution in [0, 0.1) is 0 Å². The minimum Gasteiger partial charge on any atom is -0.399 e. The van der Waals surface area contributed by atoms with E-state index in [1.165, 1.54) is 0 Å². The highest BCUT2D eigenvalue weighted by Gasteiger charge is 2.90. The summed E-state index contributed by atoms with van der Waals surface area (Å²) in [6, 6.07) is 0. The average Bonchev–Trinajstić information content (AvgIpc) is 2.91. The van der Waals surface area contributed by atoms with Crippen LogP contribution < -0.4 is 5.82 Å². The summed E-state index contributed by atoms with van der Waals surface area (Å²) in [5.41, 5.74) is -7.08. The highest BCUT2D eigenvalue weighted by Crippen LogP contribution is 2.61. The van der Waals surface area contributed by atoms with E-state index in [-0.39, 0.29) is 0 Å². The van der Waals surface area contributed by atoms with Crippen molar-refractivity contribution in [3.05, 3.63) is 22.6 Å². The maximum atomic E-state index is 13.8. The number of hydrogen-bond donors (Lipinski definition) is 0. The fourth-order valence-corrected chi connectivity index (χ4v) is 1.57. The molecule has 0 aliphatic heterocycles. The zero-order chi connectivity index (χ0) is 21.0. The lowest BCUT2D eigenvalue weighted by molar-refractivity contribution is -0.417. The van der Waals surface area contributed by atoms with Gasteiger partial charge in [0.15, 0.2) is 0 Å². The largest absolute Gasteiger partial charge is 0.518 e. The molecule has 0 aromatic carbocycles. The molecule has 0 spiro atoms. The molecule has 1 rings (SSSR count). The van der Waals surface area contributed by atoms with Crippen LogP contribution in [0.1, 0.15) is 5.76 Å². The monoisotopic (exact) mass is 418 g/mol. The Labute approximate surface area is 132 Å². The van der Waals surface area contributed by atoms with E-state index >= 15 is 0 Å². The van der Waals surface area contributed by atoms with Gasteiger partial charge >= 0.3 is 35.7 Å². The van der Waals surface area contributed by atoms with Gasteiger partial charge in [-0.25, -0.2) is 13.6 Å². The van der Waals surface area contributed by atoms with Crippen molar-refractivity contribution in [2.75, 3.05) is 6.67 Å². The Morgan fingerprint density at radius 3 is 1.54 bits per heavy atom.